The number of fused-ring (bicyclic) bond motifs is 3. The van der Waals surface area contributed by atoms with Crippen molar-refractivity contribution in [3.8, 4) is 0 Å². The standard InChI is InChI=1S/C16H14BrN3/c17-12-6-2-1-5-11(12)15-16-13(8-9-18-15)19-14-7-3-4-10-20(14)16/h1-7,10,15,18H,8-9H2. The summed E-state index contributed by atoms with van der Waals surface area (Å²) >= 11 is 3.67. The van der Waals surface area contributed by atoms with E-state index >= 15 is 0 Å². The van der Waals surface area contributed by atoms with Crippen molar-refractivity contribution in [2.75, 3.05) is 6.54 Å². The molecule has 0 fully saturated rings. The van der Waals surface area contributed by atoms with Crippen LogP contribution in [0.4, 0.5) is 0 Å². The average molecular weight is 328 g/mol. The fraction of sp³-hybridized carbons (Fsp3) is 0.188. The first-order valence-corrected chi connectivity index (χ1v) is 7.57. The van der Waals surface area contributed by atoms with E-state index in [1.54, 1.807) is 0 Å². The van der Waals surface area contributed by atoms with Crippen LogP contribution < -0.4 is 5.32 Å². The predicted octanol–water partition coefficient (Wildman–Crippen LogP) is 3.33. The summed E-state index contributed by atoms with van der Waals surface area (Å²) in [5, 5.41) is 3.62. The Hall–Kier alpha value is -1.65. The Morgan fingerprint density at radius 2 is 2.00 bits per heavy atom. The minimum atomic E-state index is 0.187. The van der Waals surface area contributed by atoms with E-state index in [2.05, 4.69) is 62.2 Å². The molecule has 4 rings (SSSR count). The Kier molecular flexibility index (Phi) is 2.86. The molecule has 0 saturated carbocycles. The highest BCUT2D eigenvalue weighted by Crippen LogP contribution is 2.33. The van der Waals surface area contributed by atoms with Crippen molar-refractivity contribution in [2.45, 2.75) is 12.5 Å². The highest BCUT2D eigenvalue weighted by molar-refractivity contribution is 9.10. The number of hydrogen-bond donors (Lipinski definition) is 1. The Labute approximate surface area is 125 Å². The van der Waals surface area contributed by atoms with Crippen LogP contribution >= 0.6 is 15.9 Å². The number of pyridine rings is 1. The summed E-state index contributed by atoms with van der Waals surface area (Å²) in [6.45, 7) is 0.961. The van der Waals surface area contributed by atoms with Gasteiger partial charge in [-0.2, -0.15) is 0 Å². The molecule has 0 spiro atoms. The lowest BCUT2D eigenvalue weighted by Gasteiger charge is -2.25. The molecule has 1 aliphatic heterocycles. The van der Waals surface area contributed by atoms with Gasteiger partial charge in [-0.3, -0.25) is 0 Å². The molecule has 4 heteroatoms. The van der Waals surface area contributed by atoms with E-state index < -0.39 is 0 Å². The number of benzene rings is 1. The number of rotatable bonds is 1. The summed E-state index contributed by atoms with van der Waals surface area (Å²) in [5.74, 6) is 0. The van der Waals surface area contributed by atoms with Crippen LogP contribution in [0, 0.1) is 0 Å². The third-order valence-corrected chi connectivity index (χ3v) is 4.57. The summed E-state index contributed by atoms with van der Waals surface area (Å²) in [6, 6.07) is 14.7. The minimum absolute atomic E-state index is 0.187. The van der Waals surface area contributed by atoms with Gasteiger partial charge in [0.15, 0.2) is 0 Å². The second-order valence-electron chi connectivity index (χ2n) is 5.03. The Bertz CT molecular complexity index is 778. The summed E-state index contributed by atoms with van der Waals surface area (Å²) < 4.78 is 3.34. The van der Waals surface area contributed by atoms with E-state index in [0.717, 1.165) is 23.1 Å². The van der Waals surface area contributed by atoms with Gasteiger partial charge in [0.1, 0.15) is 5.65 Å². The zero-order chi connectivity index (χ0) is 13.5. The van der Waals surface area contributed by atoms with Crippen LogP contribution in [-0.2, 0) is 6.42 Å². The second kappa shape index (κ2) is 4.72. The van der Waals surface area contributed by atoms with Crippen molar-refractivity contribution in [3.63, 3.8) is 0 Å². The molecule has 1 unspecified atom stereocenters. The maximum atomic E-state index is 4.77. The molecule has 0 aliphatic carbocycles. The molecule has 1 aliphatic rings. The van der Waals surface area contributed by atoms with E-state index in [1.165, 1.54) is 17.0 Å². The number of hydrogen-bond acceptors (Lipinski definition) is 2. The predicted molar refractivity (Wildman–Crippen MR) is 82.9 cm³/mol. The molecule has 0 saturated heterocycles. The third-order valence-electron chi connectivity index (χ3n) is 3.84. The van der Waals surface area contributed by atoms with Gasteiger partial charge in [0, 0.05) is 23.6 Å². The van der Waals surface area contributed by atoms with Gasteiger partial charge < -0.3 is 9.72 Å². The highest BCUT2D eigenvalue weighted by Gasteiger charge is 2.27. The first-order valence-electron chi connectivity index (χ1n) is 6.78. The van der Waals surface area contributed by atoms with Crippen molar-refractivity contribution < 1.29 is 0 Å². The fourth-order valence-electron chi connectivity index (χ4n) is 2.95. The Balaban J connectivity index is 1.96. The first-order chi connectivity index (χ1) is 9.84. The molecule has 0 bridgehead atoms. The highest BCUT2D eigenvalue weighted by atomic mass is 79.9. The summed E-state index contributed by atoms with van der Waals surface area (Å²) in [5.41, 5.74) is 4.76. The van der Waals surface area contributed by atoms with Crippen LogP contribution in [0.2, 0.25) is 0 Å². The van der Waals surface area contributed by atoms with Crippen molar-refractivity contribution in [1.82, 2.24) is 14.7 Å². The van der Waals surface area contributed by atoms with Gasteiger partial charge in [-0.05, 0) is 23.8 Å². The van der Waals surface area contributed by atoms with Gasteiger partial charge in [0.25, 0.3) is 0 Å². The summed E-state index contributed by atoms with van der Waals surface area (Å²) in [4.78, 5) is 4.77. The lowest BCUT2D eigenvalue weighted by Crippen LogP contribution is -2.31. The molecule has 0 amide bonds. The Morgan fingerprint density at radius 3 is 2.90 bits per heavy atom. The maximum absolute atomic E-state index is 4.77. The molecular weight excluding hydrogens is 314 g/mol. The lowest BCUT2D eigenvalue weighted by molar-refractivity contribution is 0.546. The molecule has 3 heterocycles. The monoisotopic (exact) mass is 327 g/mol. The van der Waals surface area contributed by atoms with Crippen molar-refractivity contribution in [1.29, 1.82) is 0 Å². The SMILES string of the molecule is Brc1ccccc1C1NCCc2nc3ccccn3c21. The number of halogens is 1. The molecule has 1 aromatic carbocycles. The normalized spacial score (nSPS) is 18.1. The van der Waals surface area contributed by atoms with Crippen molar-refractivity contribution in [2.24, 2.45) is 0 Å². The van der Waals surface area contributed by atoms with E-state index in [1.807, 2.05) is 12.1 Å². The zero-order valence-corrected chi connectivity index (χ0v) is 12.5. The number of nitrogens with one attached hydrogen (secondary N) is 1. The molecule has 20 heavy (non-hydrogen) atoms. The van der Waals surface area contributed by atoms with Gasteiger partial charge in [0.2, 0.25) is 0 Å². The van der Waals surface area contributed by atoms with Crippen molar-refractivity contribution in [3.05, 3.63) is 70.1 Å². The zero-order valence-electron chi connectivity index (χ0n) is 10.9. The van der Waals surface area contributed by atoms with Crippen LogP contribution in [0.5, 0.6) is 0 Å². The molecule has 3 aromatic rings. The molecule has 0 radical (unpaired) electrons. The lowest BCUT2D eigenvalue weighted by atomic mass is 9.98. The molecule has 2 aromatic heterocycles. The summed E-state index contributed by atoms with van der Waals surface area (Å²) in [7, 11) is 0. The number of nitrogens with zero attached hydrogens (tertiary/aromatic N) is 2. The number of imidazole rings is 1. The van der Waals surface area contributed by atoms with Crippen LogP contribution in [0.1, 0.15) is 23.0 Å². The topological polar surface area (TPSA) is 29.3 Å². The molecule has 1 N–H and O–H groups in total. The first kappa shape index (κ1) is 12.1. The summed E-state index contributed by atoms with van der Waals surface area (Å²) in [6.07, 6.45) is 3.08. The van der Waals surface area contributed by atoms with Crippen LogP contribution in [0.3, 0.4) is 0 Å². The second-order valence-corrected chi connectivity index (χ2v) is 5.89. The minimum Gasteiger partial charge on any atom is -0.305 e. The third kappa shape index (κ3) is 1.79. The molecule has 3 nitrogen and oxygen atoms in total. The van der Waals surface area contributed by atoms with Gasteiger partial charge in [-0.25, -0.2) is 4.98 Å². The molecule has 100 valence electrons. The average Bonchev–Trinajstić information content (AvgIpc) is 2.86. The molecule has 1 atom stereocenters. The van der Waals surface area contributed by atoms with E-state index in [4.69, 9.17) is 4.98 Å². The number of aromatic nitrogens is 2. The quantitative estimate of drug-likeness (QED) is 0.742. The van der Waals surface area contributed by atoms with Gasteiger partial charge in [0.05, 0.1) is 17.4 Å². The maximum Gasteiger partial charge on any atom is 0.137 e. The van der Waals surface area contributed by atoms with Crippen molar-refractivity contribution >= 4 is 21.6 Å². The smallest absolute Gasteiger partial charge is 0.137 e. The van der Waals surface area contributed by atoms with E-state index in [9.17, 15) is 0 Å². The largest absolute Gasteiger partial charge is 0.305 e. The van der Waals surface area contributed by atoms with Crippen LogP contribution in [-0.4, -0.2) is 15.9 Å². The Morgan fingerprint density at radius 1 is 1.15 bits per heavy atom. The van der Waals surface area contributed by atoms with Gasteiger partial charge >= 0.3 is 0 Å². The van der Waals surface area contributed by atoms with Gasteiger partial charge in [-0.1, -0.05) is 40.2 Å². The molecular formula is C16H14BrN3. The van der Waals surface area contributed by atoms with Crippen LogP contribution in [0.15, 0.2) is 53.1 Å². The van der Waals surface area contributed by atoms with E-state index in [-0.39, 0.29) is 6.04 Å². The van der Waals surface area contributed by atoms with Gasteiger partial charge in [-0.15, -0.1) is 0 Å². The fourth-order valence-corrected chi connectivity index (χ4v) is 3.46. The van der Waals surface area contributed by atoms with E-state index in [0.29, 0.717) is 0 Å². The van der Waals surface area contributed by atoms with Crippen LogP contribution in [0.25, 0.3) is 5.65 Å².